The molecule has 0 aromatic rings. The van der Waals surface area contributed by atoms with Gasteiger partial charge in [0.05, 0.1) is 19.1 Å². The number of aliphatic hydroxyl groups is 1. The average Bonchev–Trinajstić information content (AvgIpc) is 3.08. The third-order valence-corrected chi connectivity index (χ3v) is 7.54. The second kappa shape index (κ2) is 25.3. The summed E-state index contributed by atoms with van der Waals surface area (Å²) in [4.78, 5) is 108. The molecule has 0 aliphatic carbocycles. The van der Waals surface area contributed by atoms with Crippen molar-refractivity contribution >= 4 is 59.3 Å². The van der Waals surface area contributed by atoms with Gasteiger partial charge in [-0.1, -0.05) is 13.8 Å². The fourth-order valence-corrected chi connectivity index (χ4v) is 4.60. The summed E-state index contributed by atoms with van der Waals surface area (Å²) in [6.45, 7) is 5.38. The third-order valence-electron chi connectivity index (χ3n) is 7.54. The number of hydrogen-bond acceptors (Lipinski definition) is 12. The van der Waals surface area contributed by atoms with E-state index >= 15 is 0 Å². The van der Waals surface area contributed by atoms with Crippen LogP contribution in [0, 0.1) is 5.92 Å². The predicted octanol–water partition coefficient (Wildman–Crippen LogP) is -6.03. The Balaban J connectivity index is 5.55. The normalized spacial score (nSPS) is 14.6. The summed E-state index contributed by atoms with van der Waals surface area (Å²) in [7, 11) is 0. The van der Waals surface area contributed by atoms with Crippen LogP contribution >= 0.6 is 0 Å². The molecule has 0 aromatic carbocycles. The standard InChI is InChI=1S/C31H57N13O11/c1-14(2)11-19(26(51)39-15(3)23(48)41-18(29(54)55)8-6-10-38-31(35)36)42-24(49)16(4)40-27(52)20(12-22(46)47)43-28(53)21(13-45)44-25(50)17(32)7-5-9-37-30(33)34/h14-21,45H,5-13,32H2,1-4H3,(H,39,51)(H,40,52)(H,41,48)(H,42,49)(H,43,53)(H,44,50)(H,46,47)(H,54,55)(H4,33,34,37)(H4,35,36,38)/t15-,16-,17-,18-,19-,20-,21-/m0/s1. The first-order chi connectivity index (χ1) is 25.6. The molecule has 0 aliphatic heterocycles. The summed E-state index contributed by atoms with van der Waals surface area (Å²) in [5.74, 6) is -8.94. The topological polar surface area (TPSA) is 424 Å². The minimum atomic E-state index is -1.78. The summed E-state index contributed by atoms with van der Waals surface area (Å²) in [6.07, 6.45) is -0.245. The number of aliphatic carboxylic acids is 2. The van der Waals surface area contributed by atoms with Gasteiger partial charge in [-0.15, -0.1) is 0 Å². The van der Waals surface area contributed by atoms with Gasteiger partial charge in [0.2, 0.25) is 35.4 Å². The summed E-state index contributed by atoms with van der Waals surface area (Å²) in [6, 6.07) is -9.73. The maximum absolute atomic E-state index is 13.2. The zero-order chi connectivity index (χ0) is 42.4. The molecule has 0 fully saturated rings. The highest BCUT2D eigenvalue weighted by Crippen LogP contribution is 2.07. The largest absolute Gasteiger partial charge is 0.481 e. The molecule has 0 aliphatic rings. The molecule has 0 saturated carbocycles. The van der Waals surface area contributed by atoms with Crippen LogP contribution in [0.5, 0.6) is 0 Å². The van der Waals surface area contributed by atoms with Gasteiger partial charge in [0.25, 0.3) is 0 Å². The van der Waals surface area contributed by atoms with E-state index in [1.165, 1.54) is 13.8 Å². The first kappa shape index (κ1) is 49.2. The fraction of sp³-hybridized carbons (Fsp3) is 0.677. The van der Waals surface area contributed by atoms with Gasteiger partial charge in [0, 0.05) is 13.1 Å². The van der Waals surface area contributed by atoms with Crippen molar-refractivity contribution in [3.05, 3.63) is 0 Å². The molecule has 0 unspecified atom stereocenters. The van der Waals surface area contributed by atoms with Crippen LogP contribution in [0.25, 0.3) is 0 Å². The third kappa shape index (κ3) is 20.9. The lowest BCUT2D eigenvalue weighted by molar-refractivity contribution is -0.142. The first-order valence-electron chi connectivity index (χ1n) is 17.3. The highest BCUT2D eigenvalue weighted by atomic mass is 16.4. The summed E-state index contributed by atoms with van der Waals surface area (Å²) in [5.41, 5.74) is 26.8. The zero-order valence-corrected chi connectivity index (χ0v) is 31.4. The van der Waals surface area contributed by atoms with E-state index in [1.54, 1.807) is 13.8 Å². The second-order valence-electron chi connectivity index (χ2n) is 13.0. The number of nitrogens with two attached hydrogens (primary N) is 5. The molecule has 0 bridgehead atoms. The lowest BCUT2D eigenvalue weighted by atomic mass is 10.0. The average molecular weight is 788 g/mol. The van der Waals surface area contributed by atoms with Crippen molar-refractivity contribution in [2.24, 2.45) is 44.6 Å². The van der Waals surface area contributed by atoms with Crippen LogP contribution in [0.3, 0.4) is 0 Å². The van der Waals surface area contributed by atoms with Crippen molar-refractivity contribution in [2.75, 3.05) is 19.7 Å². The van der Waals surface area contributed by atoms with Gasteiger partial charge < -0.3 is 75.9 Å². The van der Waals surface area contributed by atoms with Crippen LogP contribution in [0.2, 0.25) is 0 Å². The minimum Gasteiger partial charge on any atom is -0.481 e. The molecule has 0 heterocycles. The van der Waals surface area contributed by atoms with Crippen molar-refractivity contribution in [3.8, 4) is 0 Å². The van der Waals surface area contributed by atoms with E-state index in [0.29, 0.717) is 6.42 Å². The second-order valence-corrected chi connectivity index (χ2v) is 13.0. The molecule has 24 heteroatoms. The van der Waals surface area contributed by atoms with Crippen LogP contribution < -0.4 is 60.6 Å². The summed E-state index contributed by atoms with van der Waals surface area (Å²) in [5, 5.41) is 42.4. The van der Waals surface area contributed by atoms with Crippen LogP contribution in [-0.4, -0.2) is 137 Å². The fourth-order valence-electron chi connectivity index (χ4n) is 4.60. The quantitative estimate of drug-likeness (QED) is 0.0220. The molecule has 0 saturated heterocycles. The lowest BCUT2D eigenvalue weighted by Gasteiger charge is -2.26. The maximum atomic E-state index is 13.2. The number of aliphatic imine (C=N–C) groups is 2. The molecule has 312 valence electrons. The van der Waals surface area contributed by atoms with Crippen molar-refractivity contribution in [1.82, 2.24) is 31.9 Å². The van der Waals surface area contributed by atoms with Crippen molar-refractivity contribution in [3.63, 3.8) is 0 Å². The number of carboxylic acid groups (broad SMARTS) is 2. The van der Waals surface area contributed by atoms with Crippen molar-refractivity contribution in [1.29, 1.82) is 0 Å². The molecule has 55 heavy (non-hydrogen) atoms. The molecule has 0 radical (unpaired) electrons. The number of rotatable bonds is 26. The number of amides is 6. The monoisotopic (exact) mass is 787 g/mol. The van der Waals surface area contributed by atoms with E-state index in [2.05, 4.69) is 41.9 Å². The van der Waals surface area contributed by atoms with Gasteiger partial charge >= 0.3 is 11.9 Å². The summed E-state index contributed by atoms with van der Waals surface area (Å²) < 4.78 is 0. The van der Waals surface area contributed by atoms with E-state index in [-0.39, 0.29) is 56.6 Å². The van der Waals surface area contributed by atoms with E-state index in [4.69, 9.17) is 28.7 Å². The van der Waals surface area contributed by atoms with Gasteiger partial charge in [0.1, 0.15) is 36.3 Å². The van der Waals surface area contributed by atoms with Gasteiger partial charge in [-0.25, -0.2) is 4.79 Å². The smallest absolute Gasteiger partial charge is 0.326 e. The highest BCUT2D eigenvalue weighted by Gasteiger charge is 2.32. The number of carbonyl (C=O) groups is 8. The van der Waals surface area contributed by atoms with Gasteiger partial charge in [-0.2, -0.15) is 0 Å². The number of nitrogens with one attached hydrogen (secondary N) is 6. The molecule has 0 aromatic heterocycles. The Kier molecular flexibility index (Phi) is 22.6. The minimum absolute atomic E-state index is 0.0118. The Morgan fingerprint density at radius 3 is 1.42 bits per heavy atom. The molecule has 7 atom stereocenters. The van der Waals surface area contributed by atoms with Crippen molar-refractivity contribution < 1.29 is 53.7 Å². The first-order valence-corrected chi connectivity index (χ1v) is 17.3. The Hall–Kier alpha value is -5.78. The van der Waals surface area contributed by atoms with E-state index in [1.807, 2.05) is 0 Å². The van der Waals surface area contributed by atoms with E-state index in [0.717, 1.165) is 0 Å². The molecule has 0 spiro atoms. The van der Waals surface area contributed by atoms with Crippen LogP contribution in [0.15, 0.2) is 9.98 Å². The van der Waals surface area contributed by atoms with Crippen LogP contribution in [0.1, 0.15) is 66.2 Å². The molecule has 24 nitrogen and oxygen atoms in total. The highest BCUT2D eigenvalue weighted by molar-refractivity contribution is 5.97. The van der Waals surface area contributed by atoms with E-state index in [9.17, 15) is 53.7 Å². The Bertz CT molecular complexity index is 1400. The number of aliphatic hydroxyl groups excluding tert-OH is 1. The van der Waals surface area contributed by atoms with Crippen LogP contribution in [0.4, 0.5) is 0 Å². The zero-order valence-electron chi connectivity index (χ0n) is 31.4. The number of nitrogens with zero attached hydrogens (tertiary/aromatic N) is 2. The number of guanidine groups is 2. The maximum Gasteiger partial charge on any atom is 0.326 e. The molecular weight excluding hydrogens is 730 g/mol. The number of carboxylic acids is 2. The van der Waals surface area contributed by atoms with Gasteiger partial charge in [-0.3, -0.25) is 43.5 Å². The van der Waals surface area contributed by atoms with Gasteiger partial charge in [-0.05, 0) is 51.9 Å². The van der Waals surface area contributed by atoms with E-state index < -0.39 is 103 Å². The lowest BCUT2D eigenvalue weighted by Crippen LogP contribution is -2.59. The SMILES string of the molecule is CC(C)C[C@H](NC(=O)[C@H](C)NC(=O)[C@H](CC(=O)O)NC(=O)[C@H](CO)NC(=O)[C@@H](N)CCCN=C(N)N)C(=O)N[C@@H](C)C(=O)N[C@@H](CCCN=C(N)N)C(=O)O. The van der Waals surface area contributed by atoms with Gasteiger partial charge in [0.15, 0.2) is 11.9 Å². The Morgan fingerprint density at radius 1 is 0.564 bits per heavy atom. The number of carbonyl (C=O) groups excluding carboxylic acids is 6. The molecule has 6 amide bonds. The Labute approximate surface area is 317 Å². The molecular formula is C31H57N13O11. The predicted molar refractivity (Wildman–Crippen MR) is 197 cm³/mol. The van der Waals surface area contributed by atoms with Crippen molar-refractivity contribution in [2.45, 2.75) is 109 Å². The summed E-state index contributed by atoms with van der Waals surface area (Å²) >= 11 is 0. The Morgan fingerprint density at radius 2 is 0.982 bits per heavy atom. The molecule has 19 N–H and O–H groups in total. The molecule has 0 rings (SSSR count). The van der Waals surface area contributed by atoms with Crippen LogP contribution in [-0.2, 0) is 38.4 Å². The number of hydrogen-bond donors (Lipinski definition) is 14.